The molecule has 6 rings (SSSR count). The van der Waals surface area contributed by atoms with E-state index in [1.165, 1.54) is 6.33 Å². The third-order valence-corrected chi connectivity index (χ3v) is 6.79. The molecule has 1 aliphatic carbocycles. The van der Waals surface area contributed by atoms with E-state index in [1.807, 2.05) is 18.2 Å². The fourth-order valence-corrected chi connectivity index (χ4v) is 4.87. The highest BCUT2D eigenvalue weighted by Crippen LogP contribution is 2.45. The lowest BCUT2D eigenvalue weighted by Crippen LogP contribution is -2.46. The first-order valence-electron chi connectivity index (χ1n) is 10.7. The number of anilines is 2. The molecular weight excluding hydrogens is 394 g/mol. The van der Waals surface area contributed by atoms with E-state index in [0.29, 0.717) is 48.7 Å². The first-order chi connectivity index (χ1) is 15.1. The van der Waals surface area contributed by atoms with Crippen molar-refractivity contribution in [3.05, 3.63) is 42.0 Å². The van der Waals surface area contributed by atoms with Gasteiger partial charge in [-0.15, -0.1) is 0 Å². The monoisotopic (exact) mass is 417 g/mol. The molecule has 3 aromatic rings. The van der Waals surface area contributed by atoms with Gasteiger partial charge in [0.2, 0.25) is 11.7 Å². The summed E-state index contributed by atoms with van der Waals surface area (Å²) in [5, 5.41) is 6.03. The quantitative estimate of drug-likeness (QED) is 0.673. The number of benzene rings is 1. The van der Waals surface area contributed by atoms with Crippen molar-refractivity contribution in [1.29, 1.82) is 0 Å². The lowest BCUT2D eigenvalue weighted by Gasteiger charge is -2.38. The van der Waals surface area contributed by atoms with Gasteiger partial charge in [0.1, 0.15) is 6.33 Å². The summed E-state index contributed by atoms with van der Waals surface area (Å²) in [5.41, 5.74) is 2.78. The van der Waals surface area contributed by atoms with Crippen molar-refractivity contribution >= 4 is 34.5 Å². The highest BCUT2D eigenvalue weighted by molar-refractivity contribution is 6.06. The van der Waals surface area contributed by atoms with Gasteiger partial charge in [-0.25, -0.2) is 15.0 Å². The number of nitrogens with one attached hydrogen (secondary N) is 2. The van der Waals surface area contributed by atoms with E-state index in [2.05, 4.69) is 36.6 Å². The maximum absolute atomic E-state index is 12.9. The summed E-state index contributed by atoms with van der Waals surface area (Å²) in [6.45, 7) is 1.35. The van der Waals surface area contributed by atoms with Crippen LogP contribution in [-0.2, 0) is 17.3 Å². The van der Waals surface area contributed by atoms with Crippen molar-refractivity contribution in [2.75, 3.05) is 23.3 Å². The van der Waals surface area contributed by atoms with Gasteiger partial charge in [-0.05, 0) is 37.3 Å². The maximum Gasteiger partial charge on any atom is 0.287 e. The lowest BCUT2D eigenvalue weighted by molar-refractivity contribution is -0.121. The summed E-state index contributed by atoms with van der Waals surface area (Å²) < 4.78 is 1.73. The molecule has 1 spiro atoms. The van der Waals surface area contributed by atoms with E-state index in [-0.39, 0.29) is 17.9 Å². The molecule has 0 atom stereocenters. The Morgan fingerprint density at radius 1 is 1.19 bits per heavy atom. The molecule has 0 bridgehead atoms. The first-order valence-corrected chi connectivity index (χ1v) is 10.7. The van der Waals surface area contributed by atoms with Crippen molar-refractivity contribution in [1.82, 2.24) is 24.8 Å². The Morgan fingerprint density at radius 2 is 1.97 bits per heavy atom. The molecule has 9 nitrogen and oxygen atoms in total. The Morgan fingerprint density at radius 3 is 2.74 bits per heavy atom. The van der Waals surface area contributed by atoms with Crippen molar-refractivity contribution in [3.63, 3.8) is 0 Å². The molecule has 1 saturated carbocycles. The maximum atomic E-state index is 12.9. The van der Waals surface area contributed by atoms with Crippen LogP contribution in [0.15, 0.2) is 30.6 Å². The van der Waals surface area contributed by atoms with Gasteiger partial charge in [-0.3, -0.25) is 9.59 Å². The van der Waals surface area contributed by atoms with E-state index in [1.54, 1.807) is 11.6 Å². The Labute approximate surface area is 178 Å². The zero-order valence-corrected chi connectivity index (χ0v) is 17.3. The van der Waals surface area contributed by atoms with E-state index < -0.39 is 5.41 Å². The summed E-state index contributed by atoms with van der Waals surface area (Å²) in [7, 11) is 1.80. The second kappa shape index (κ2) is 6.50. The van der Waals surface area contributed by atoms with Crippen LogP contribution in [0.25, 0.3) is 11.2 Å². The van der Waals surface area contributed by atoms with Gasteiger partial charge in [0.25, 0.3) is 5.91 Å². The van der Waals surface area contributed by atoms with Gasteiger partial charge in [-0.1, -0.05) is 18.2 Å². The summed E-state index contributed by atoms with van der Waals surface area (Å²) in [6.07, 6.45) is 4.95. The molecule has 158 valence electrons. The predicted molar refractivity (Wildman–Crippen MR) is 115 cm³/mol. The SMILES string of the molecule is Cn1c(C(=O)NC2CC2)nc2c(N3CCC4(CC3)C(=O)Nc3ccccc34)ncnc21. The highest BCUT2D eigenvalue weighted by atomic mass is 16.2. The van der Waals surface area contributed by atoms with Crippen LogP contribution in [0, 0.1) is 0 Å². The zero-order chi connectivity index (χ0) is 21.2. The van der Waals surface area contributed by atoms with Crippen LogP contribution < -0.4 is 15.5 Å². The number of rotatable bonds is 3. The Kier molecular flexibility index (Phi) is 3.84. The largest absolute Gasteiger partial charge is 0.355 e. The Hall–Kier alpha value is -3.49. The fraction of sp³-hybridized carbons (Fsp3) is 0.409. The predicted octanol–water partition coefficient (Wildman–Crippen LogP) is 1.75. The minimum Gasteiger partial charge on any atom is -0.355 e. The smallest absolute Gasteiger partial charge is 0.287 e. The number of carbonyl (C=O) groups excluding carboxylic acids is 2. The van der Waals surface area contributed by atoms with Gasteiger partial charge in [0.15, 0.2) is 17.0 Å². The Bertz CT molecular complexity index is 1220. The van der Waals surface area contributed by atoms with Crippen molar-refractivity contribution in [2.24, 2.45) is 7.05 Å². The van der Waals surface area contributed by atoms with Gasteiger partial charge in [-0.2, -0.15) is 0 Å². The third-order valence-electron chi connectivity index (χ3n) is 6.79. The average Bonchev–Trinajstić information content (AvgIpc) is 3.48. The minimum atomic E-state index is -0.487. The summed E-state index contributed by atoms with van der Waals surface area (Å²) >= 11 is 0. The number of piperidine rings is 1. The van der Waals surface area contributed by atoms with Crippen LogP contribution in [0.3, 0.4) is 0 Å². The van der Waals surface area contributed by atoms with Crippen molar-refractivity contribution < 1.29 is 9.59 Å². The third kappa shape index (κ3) is 2.72. The van der Waals surface area contributed by atoms with Gasteiger partial charge in [0.05, 0.1) is 5.41 Å². The molecular formula is C22H23N7O2. The molecule has 2 aromatic heterocycles. The van der Waals surface area contributed by atoms with E-state index >= 15 is 0 Å². The van der Waals surface area contributed by atoms with Crippen LogP contribution in [0.1, 0.15) is 41.9 Å². The second-order valence-corrected chi connectivity index (χ2v) is 8.68. The van der Waals surface area contributed by atoms with E-state index in [0.717, 1.165) is 24.1 Å². The van der Waals surface area contributed by atoms with E-state index in [4.69, 9.17) is 0 Å². The number of imidazole rings is 1. The van der Waals surface area contributed by atoms with Crippen LogP contribution >= 0.6 is 0 Å². The number of nitrogens with zero attached hydrogens (tertiary/aromatic N) is 5. The standard InChI is InChI=1S/C22H23N7O2/c1-28-17-16(27-19(28)20(30)25-13-6-7-13)18(24-12-23-17)29-10-8-22(9-11-29)14-4-2-3-5-15(14)26-21(22)31/h2-5,12-13H,6-11H2,1H3,(H,25,30)(H,26,31). The molecule has 4 heterocycles. The number of carbonyl (C=O) groups is 2. The molecule has 2 fully saturated rings. The normalized spacial score (nSPS) is 19.5. The van der Waals surface area contributed by atoms with Gasteiger partial charge >= 0.3 is 0 Å². The van der Waals surface area contributed by atoms with Gasteiger partial charge in [0, 0.05) is 31.9 Å². The molecule has 1 aromatic carbocycles. The average molecular weight is 417 g/mol. The molecule has 0 unspecified atom stereocenters. The van der Waals surface area contributed by atoms with E-state index in [9.17, 15) is 9.59 Å². The number of aromatic nitrogens is 4. The van der Waals surface area contributed by atoms with Crippen LogP contribution in [0.5, 0.6) is 0 Å². The van der Waals surface area contributed by atoms with Crippen LogP contribution in [-0.4, -0.2) is 50.5 Å². The van der Waals surface area contributed by atoms with Crippen LogP contribution in [0.2, 0.25) is 0 Å². The number of fused-ring (bicyclic) bond motifs is 3. The number of amides is 2. The molecule has 3 aliphatic rings. The fourth-order valence-electron chi connectivity index (χ4n) is 4.87. The molecule has 2 amide bonds. The lowest BCUT2D eigenvalue weighted by atomic mass is 9.73. The van der Waals surface area contributed by atoms with Crippen molar-refractivity contribution in [3.8, 4) is 0 Å². The number of hydrogen-bond acceptors (Lipinski definition) is 6. The summed E-state index contributed by atoms with van der Waals surface area (Å²) in [6, 6.07) is 8.21. The molecule has 2 N–H and O–H groups in total. The number of aryl methyl sites for hydroxylation is 1. The second-order valence-electron chi connectivity index (χ2n) is 8.68. The zero-order valence-electron chi connectivity index (χ0n) is 17.3. The summed E-state index contributed by atoms with van der Waals surface area (Å²) in [5.74, 6) is 0.970. The minimum absolute atomic E-state index is 0.0815. The molecule has 9 heteroatoms. The number of hydrogen-bond donors (Lipinski definition) is 2. The molecule has 2 aliphatic heterocycles. The molecule has 0 radical (unpaired) electrons. The number of para-hydroxylation sites is 1. The molecule has 1 saturated heterocycles. The topological polar surface area (TPSA) is 105 Å². The summed E-state index contributed by atoms with van der Waals surface area (Å²) in [4.78, 5) is 41.1. The van der Waals surface area contributed by atoms with Crippen LogP contribution in [0.4, 0.5) is 11.5 Å². The highest BCUT2D eigenvalue weighted by Gasteiger charge is 2.48. The molecule has 31 heavy (non-hydrogen) atoms. The first kappa shape index (κ1) is 18.3. The van der Waals surface area contributed by atoms with Crippen molar-refractivity contribution in [2.45, 2.75) is 37.1 Å². The van der Waals surface area contributed by atoms with Gasteiger partial charge < -0.3 is 20.1 Å². The Balaban J connectivity index is 1.31.